The zero-order chi connectivity index (χ0) is 9.52. The van der Waals surface area contributed by atoms with E-state index in [9.17, 15) is 0 Å². The molecule has 0 saturated heterocycles. The molecule has 0 saturated carbocycles. The molecule has 1 N–H and O–H groups in total. The summed E-state index contributed by atoms with van der Waals surface area (Å²) < 4.78 is 3.23. The average molecular weight is 195 g/mol. The summed E-state index contributed by atoms with van der Waals surface area (Å²) in [5, 5.41) is 0. The minimum absolute atomic E-state index is 1.00. The van der Waals surface area contributed by atoms with Crippen molar-refractivity contribution < 1.29 is 0 Å². The second-order valence-corrected chi connectivity index (χ2v) is 3.96. The zero-order valence-corrected chi connectivity index (χ0v) is 9.16. The van der Waals surface area contributed by atoms with Gasteiger partial charge < -0.3 is 0 Å². The van der Waals surface area contributed by atoms with Crippen molar-refractivity contribution in [2.75, 3.05) is 6.54 Å². The van der Waals surface area contributed by atoms with Gasteiger partial charge in [0.2, 0.25) is 0 Å². The highest BCUT2D eigenvalue weighted by molar-refractivity contribution is 7.97. The van der Waals surface area contributed by atoms with Gasteiger partial charge in [-0.25, -0.2) is 0 Å². The Labute approximate surface area is 85.1 Å². The standard InChI is InChI=1S/C11H17NS/c1-3-5-10-6-8-11(9-7-10)13-12-4-2/h6-9,12H,3-5H2,1-2H3. The van der Waals surface area contributed by atoms with Gasteiger partial charge in [-0.3, -0.25) is 4.72 Å². The van der Waals surface area contributed by atoms with Crippen LogP contribution in [0.2, 0.25) is 0 Å². The summed E-state index contributed by atoms with van der Waals surface area (Å²) in [6.07, 6.45) is 2.41. The topological polar surface area (TPSA) is 12.0 Å². The molecule has 1 aromatic rings. The summed E-state index contributed by atoms with van der Waals surface area (Å²) in [5.74, 6) is 0. The molecule has 72 valence electrons. The maximum Gasteiger partial charge on any atom is 0.0228 e. The van der Waals surface area contributed by atoms with E-state index in [-0.39, 0.29) is 0 Å². The highest BCUT2D eigenvalue weighted by atomic mass is 32.2. The van der Waals surface area contributed by atoms with Crippen LogP contribution >= 0.6 is 11.9 Å². The SMILES string of the molecule is CCCc1ccc(SNCC)cc1. The maximum atomic E-state index is 3.23. The van der Waals surface area contributed by atoms with Crippen molar-refractivity contribution in [3.8, 4) is 0 Å². The normalized spacial score (nSPS) is 10.3. The summed E-state index contributed by atoms with van der Waals surface area (Å²) in [6.45, 7) is 5.32. The second-order valence-electron chi connectivity index (χ2n) is 2.99. The Morgan fingerprint density at radius 3 is 2.38 bits per heavy atom. The lowest BCUT2D eigenvalue weighted by molar-refractivity contribution is 0.920. The first-order valence-electron chi connectivity index (χ1n) is 4.85. The van der Waals surface area contributed by atoms with Crippen molar-refractivity contribution in [3.63, 3.8) is 0 Å². The van der Waals surface area contributed by atoms with Gasteiger partial charge in [-0.2, -0.15) is 0 Å². The van der Waals surface area contributed by atoms with Gasteiger partial charge in [0, 0.05) is 11.4 Å². The van der Waals surface area contributed by atoms with Crippen molar-refractivity contribution in [1.82, 2.24) is 4.72 Å². The third-order valence-electron chi connectivity index (χ3n) is 1.80. The van der Waals surface area contributed by atoms with Crippen molar-refractivity contribution in [3.05, 3.63) is 29.8 Å². The summed E-state index contributed by atoms with van der Waals surface area (Å²) >= 11 is 1.70. The molecule has 13 heavy (non-hydrogen) atoms. The van der Waals surface area contributed by atoms with Crippen LogP contribution in [0.15, 0.2) is 29.2 Å². The molecule has 0 amide bonds. The predicted molar refractivity (Wildman–Crippen MR) is 60.0 cm³/mol. The maximum absolute atomic E-state index is 3.23. The molecule has 0 spiro atoms. The minimum atomic E-state index is 1.00. The van der Waals surface area contributed by atoms with Gasteiger partial charge in [-0.15, -0.1) is 0 Å². The van der Waals surface area contributed by atoms with Crippen molar-refractivity contribution in [2.45, 2.75) is 31.6 Å². The van der Waals surface area contributed by atoms with E-state index in [1.54, 1.807) is 11.9 Å². The van der Waals surface area contributed by atoms with Gasteiger partial charge >= 0.3 is 0 Å². The second kappa shape index (κ2) is 6.06. The Morgan fingerprint density at radius 2 is 1.85 bits per heavy atom. The third-order valence-corrected chi connectivity index (χ3v) is 2.74. The van der Waals surface area contributed by atoms with Gasteiger partial charge in [0.1, 0.15) is 0 Å². The molecular formula is C11H17NS. The van der Waals surface area contributed by atoms with E-state index in [4.69, 9.17) is 0 Å². The van der Waals surface area contributed by atoms with E-state index in [2.05, 4.69) is 42.8 Å². The number of aryl methyl sites for hydroxylation is 1. The lowest BCUT2D eigenvalue weighted by atomic mass is 10.1. The van der Waals surface area contributed by atoms with Crippen molar-refractivity contribution >= 4 is 11.9 Å². The number of hydrogen-bond acceptors (Lipinski definition) is 2. The highest BCUT2D eigenvalue weighted by Gasteiger charge is 1.93. The minimum Gasteiger partial charge on any atom is -0.260 e. The molecule has 2 heteroatoms. The lowest BCUT2D eigenvalue weighted by Crippen LogP contribution is -1.99. The van der Waals surface area contributed by atoms with E-state index in [0.717, 1.165) is 6.54 Å². The Hall–Kier alpha value is -0.470. The lowest BCUT2D eigenvalue weighted by Gasteiger charge is -2.02. The Morgan fingerprint density at radius 1 is 1.15 bits per heavy atom. The van der Waals surface area contributed by atoms with E-state index >= 15 is 0 Å². The van der Waals surface area contributed by atoms with Crippen molar-refractivity contribution in [1.29, 1.82) is 0 Å². The molecule has 0 fully saturated rings. The molecule has 0 aromatic heterocycles. The molecule has 0 unspecified atom stereocenters. The van der Waals surface area contributed by atoms with Crippen LogP contribution in [0.5, 0.6) is 0 Å². The quantitative estimate of drug-likeness (QED) is 0.724. The smallest absolute Gasteiger partial charge is 0.0228 e. The number of rotatable bonds is 5. The fourth-order valence-electron chi connectivity index (χ4n) is 1.17. The molecule has 0 heterocycles. The van der Waals surface area contributed by atoms with Gasteiger partial charge in [0.15, 0.2) is 0 Å². The highest BCUT2D eigenvalue weighted by Crippen LogP contribution is 2.15. The van der Waals surface area contributed by atoms with Crippen LogP contribution in [0.25, 0.3) is 0 Å². The van der Waals surface area contributed by atoms with E-state index in [0.29, 0.717) is 0 Å². The fourth-order valence-corrected chi connectivity index (χ4v) is 1.75. The predicted octanol–water partition coefficient (Wildman–Crippen LogP) is 3.26. The van der Waals surface area contributed by atoms with E-state index < -0.39 is 0 Å². The molecule has 0 aliphatic heterocycles. The fraction of sp³-hybridized carbons (Fsp3) is 0.455. The molecule has 0 aliphatic rings. The zero-order valence-electron chi connectivity index (χ0n) is 8.34. The first-order valence-corrected chi connectivity index (χ1v) is 5.67. The number of nitrogens with one attached hydrogen (secondary N) is 1. The van der Waals surface area contributed by atoms with Crippen LogP contribution in [-0.4, -0.2) is 6.54 Å². The van der Waals surface area contributed by atoms with Gasteiger partial charge in [-0.05, 0) is 36.1 Å². The van der Waals surface area contributed by atoms with Gasteiger partial charge in [0.25, 0.3) is 0 Å². The Balaban J connectivity index is 2.48. The summed E-state index contributed by atoms with van der Waals surface area (Å²) in [4.78, 5) is 1.29. The van der Waals surface area contributed by atoms with E-state index in [1.807, 2.05) is 0 Å². The summed E-state index contributed by atoms with van der Waals surface area (Å²) in [5.41, 5.74) is 1.43. The summed E-state index contributed by atoms with van der Waals surface area (Å²) in [7, 11) is 0. The van der Waals surface area contributed by atoms with E-state index in [1.165, 1.54) is 23.3 Å². The average Bonchev–Trinajstić information content (AvgIpc) is 2.17. The van der Waals surface area contributed by atoms with Crippen LogP contribution < -0.4 is 4.72 Å². The summed E-state index contributed by atoms with van der Waals surface area (Å²) in [6, 6.07) is 8.78. The van der Waals surface area contributed by atoms with Gasteiger partial charge in [0.05, 0.1) is 0 Å². The largest absolute Gasteiger partial charge is 0.260 e. The molecule has 0 bridgehead atoms. The Kier molecular flexibility index (Phi) is 4.94. The number of hydrogen-bond donors (Lipinski definition) is 1. The monoisotopic (exact) mass is 195 g/mol. The first kappa shape index (κ1) is 10.6. The molecule has 0 aliphatic carbocycles. The van der Waals surface area contributed by atoms with Crippen LogP contribution in [0.3, 0.4) is 0 Å². The van der Waals surface area contributed by atoms with Crippen LogP contribution in [0, 0.1) is 0 Å². The first-order chi connectivity index (χ1) is 6.36. The molecule has 0 atom stereocenters. The molecular weight excluding hydrogens is 178 g/mol. The van der Waals surface area contributed by atoms with Gasteiger partial charge in [-0.1, -0.05) is 32.4 Å². The molecule has 1 aromatic carbocycles. The number of benzene rings is 1. The van der Waals surface area contributed by atoms with Crippen LogP contribution in [0.4, 0.5) is 0 Å². The Bertz CT molecular complexity index is 230. The molecule has 1 rings (SSSR count). The molecule has 0 radical (unpaired) electrons. The third kappa shape index (κ3) is 3.83. The van der Waals surface area contributed by atoms with Crippen molar-refractivity contribution in [2.24, 2.45) is 0 Å². The van der Waals surface area contributed by atoms with Crippen LogP contribution in [0.1, 0.15) is 25.8 Å². The van der Waals surface area contributed by atoms with Crippen LogP contribution in [-0.2, 0) is 6.42 Å². The molecule has 1 nitrogen and oxygen atoms in total.